The van der Waals surface area contributed by atoms with Gasteiger partial charge < -0.3 is 26.4 Å². The molecule has 0 bridgehead atoms. The number of carboxylic acid groups (broad SMARTS) is 1. The van der Waals surface area contributed by atoms with Gasteiger partial charge in [-0.25, -0.2) is 0 Å². The first kappa shape index (κ1) is 36.0. The van der Waals surface area contributed by atoms with Crippen LogP contribution in [0.2, 0.25) is 0 Å². The fourth-order valence-electron chi connectivity index (χ4n) is 4.00. The van der Waals surface area contributed by atoms with Gasteiger partial charge >= 0.3 is 5.97 Å². The molecule has 0 aliphatic heterocycles. The zero-order valence-corrected chi connectivity index (χ0v) is 25.7. The smallest absolute Gasteiger partial charge is 0.303 e. The number of hydrogen-bond acceptors (Lipinski definition) is 7. The quantitative estimate of drug-likeness (QED) is 0.139. The van der Waals surface area contributed by atoms with E-state index in [1.807, 2.05) is 34.6 Å². The van der Waals surface area contributed by atoms with Crippen LogP contribution in [0.15, 0.2) is 0 Å². The van der Waals surface area contributed by atoms with Crippen molar-refractivity contribution in [2.45, 2.75) is 85.4 Å². The molecule has 0 aromatic heterocycles. The standard InChI is InChI=1S/C26H48N4O6S2/c1-8-37-15-21(32)30-19(10-9-11-27-20(31)16-38-18(2)3)23(35)28-12-13-29-24(36)26(6,7)17-25(4,5)14-22(33)34/h18-19H,8-17H2,1-7H3,(H,27,31)(H,28,35)(H,29,36)(H,30,32)(H,33,34)/t19-/m0/s1. The van der Waals surface area contributed by atoms with Crippen LogP contribution in [0.25, 0.3) is 0 Å². The van der Waals surface area contributed by atoms with Gasteiger partial charge in [0, 0.05) is 25.0 Å². The van der Waals surface area contributed by atoms with Crippen LogP contribution in [0.5, 0.6) is 0 Å². The summed E-state index contributed by atoms with van der Waals surface area (Å²) < 4.78 is 0. The van der Waals surface area contributed by atoms with Crippen LogP contribution in [0, 0.1) is 10.8 Å². The number of amides is 4. The summed E-state index contributed by atoms with van der Waals surface area (Å²) in [5.41, 5.74) is -1.33. The highest BCUT2D eigenvalue weighted by molar-refractivity contribution is 8.00. The lowest BCUT2D eigenvalue weighted by Crippen LogP contribution is -2.49. The molecule has 0 rings (SSSR count). The van der Waals surface area contributed by atoms with E-state index in [-0.39, 0.29) is 48.9 Å². The molecule has 220 valence electrons. The van der Waals surface area contributed by atoms with E-state index >= 15 is 0 Å². The Hall–Kier alpha value is -1.95. The van der Waals surface area contributed by atoms with E-state index in [4.69, 9.17) is 5.11 Å². The third-order valence-corrected chi connectivity index (χ3v) is 7.47. The van der Waals surface area contributed by atoms with Crippen molar-refractivity contribution in [2.75, 3.05) is 36.9 Å². The summed E-state index contributed by atoms with van der Waals surface area (Å²) >= 11 is 3.02. The van der Waals surface area contributed by atoms with E-state index < -0.39 is 22.8 Å². The number of nitrogens with one attached hydrogen (secondary N) is 4. The second-order valence-electron chi connectivity index (χ2n) is 11.0. The highest BCUT2D eigenvalue weighted by atomic mass is 32.2. The molecule has 0 aromatic rings. The predicted octanol–water partition coefficient (Wildman–Crippen LogP) is 2.41. The lowest BCUT2D eigenvalue weighted by atomic mass is 9.73. The normalized spacial score (nSPS) is 12.5. The Balaban J connectivity index is 4.75. The van der Waals surface area contributed by atoms with Gasteiger partial charge in [-0.15, -0.1) is 11.8 Å². The first-order valence-corrected chi connectivity index (χ1v) is 15.3. The molecular weight excluding hydrogens is 528 g/mol. The number of hydrogen-bond donors (Lipinski definition) is 5. The molecule has 0 unspecified atom stereocenters. The van der Waals surface area contributed by atoms with Crippen molar-refractivity contribution < 1.29 is 29.1 Å². The van der Waals surface area contributed by atoms with Crippen molar-refractivity contribution in [1.29, 1.82) is 0 Å². The number of carbonyl (C=O) groups excluding carboxylic acids is 4. The Labute approximate surface area is 236 Å². The van der Waals surface area contributed by atoms with Gasteiger partial charge in [-0.3, -0.25) is 24.0 Å². The topological polar surface area (TPSA) is 154 Å². The molecule has 0 aliphatic rings. The molecule has 0 saturated carbocycles. The molecule has 0 radical (unpaired) electrons. The van der Waals surface area contributed by atoms with Crippen molar-refractivity contribution in [3.05, 3.63) is 0 Å². The van der Waals surface area contributed by atoms with Gasteiger partial charge in [-0.2, -0.15) is 11.8 Å². The fraction of sp³-hybridized carbons (Fsp3) is 0.808. The van der Waals surface area contributed by atoms with Gasteiger partial charge in [0.05, 0.1) is 17.9 Å². The largest absolute Gasteiger partial charge is 0.481 e. The van der Waals surface area contributed by atoms with Gasteiger partial charge in [0.15, 0.2) is 0 Å². The zero-order chi connectivity index (χ0) is 29.4. The van der Waals surface area contributed by atoms with Crippen LogP contribution in [0.3, 0.4) is 0 Å². The summed E-state index contributed by atoms with van der Waals surface area (Å²) in [6, 6.07) is -0.745. The predicted molar refractivity (Wildman–Crippen MR) is 155 cm³/mol. The summed E-state index contributed by atoms with van der Waals surface area (Å²) in [6.45, 7) is 14.0. The third kappa shape index (κ3) is 17.5. The number of carbonyl (C=O) groups is 5. The maximum absolute atomic E-state index is 12.8. The molecule has 0 saturated heterocycles. The fourth-order valence-corrected chi connectivity index (χ4v) is 5.06. The third-order valence-electron chi connectivity index (χ3n) is 5.50. The molecule has 0 aliphatic carbocycles. The highest BCUT2D eigenvalue weighted by Crippen LogP contribution is 2.36. The molecule has 0 heterocycles. The lowest BCUT2D eigenvalue weighted by molar-refractivity contribution is -0.141. The van der Waals surface area contributed by atoms with E-state index in [1.165, 1.54) is 11.8 Å². The monoisotopic (exact) mass is 576 g/mol. The Morgan fingerprint density at radius 1 is 0.868 bits per heavy atom. The molecule has 38 heavy (non-hydrogen) atoms. The van der Waals surface area contributed by atoms with Crippen LogP contribution >= 0.6 is 23.5 Å². The average Bonchev–Trinajstić information content (AvgIpc) is 2.78. The molecule has 0 aromatic carbocycles. The maximum atomic E-state index is 12.8. The molecule has 10 nitrogen and oxygen atoms in total. The molecule has 0 spiro atoms. The number of rotatable bonds is 20. The van der Waals surface area contributed by atoms with Crippen LogP contribution in [-0.2, 0) is 24.0 Å². The summed E-state index contributed by atoms with van der Waals surface area (Å²) in [5, 5.41) is 20.6. The first-order chi connectivity index (χ1) is 17.6. The van der Waals surface area contributed by atoms with Gasteiger partial charge in [0.1, 0.15) is 6.04 Å². The van der Waals surface area contributed by atoms with E-state index in [9.17, 15) is 24.0 Å². The SMILES string of the molecule is CCSCC(=O)N[C@@H](CCCNC(=O)CSC(C)C)C(=O)NCCNC(=O)C(C)(C)CC(C)(C)CC(=O)O. The minimum Gasteiger partial charge on any atom is -0.481 e. The van der Waals surface area contributed by atoms with Crippen molar-refractivity contribution >= 4 is 53.1 Å². The van der Waals surface area contributed by atoms with Crippen LogP contribution in [-0.4, -0.2) is 82.9 Å². The van der Waals surface area contributed by atoms with E-state index in [0.717, 1.165) is 5.75 Å². The van der Waals surface area contributed by atoms with Crippen LogP contribution in [0.1, 0.15) is 74.1 Å². The summed E-state index contributed by atoms with van der Waals surface area (Å²) in [6.07, 6.45) is 1.24. The second kappa shape index (κ2) is 18.4. The van der Waals surface area contributed by atoms with Crippen molar-refractivity contribution in [1.82, 2.24) is 21.3 Å². The van der Waals surface area contributed by atoms with Crippen molar-refractivity contribution in [3.63, 3.8) is 0 Å². The summed E-state index contributed by atoms with van der Waals surface area (Å²) in [4.78, 5) is 60.7. The Kier molecular flexibility index (Phi) is 17.4. The van der Waals surface area contributed by atoms with Crippen LogP contribution in [0.4, 0.5) is 0 Å². The minimum atomic E-state index is -0.906. The molecule has 4 amide bonds. The molecule has 0 fully saturated rings. The van der Waals surface area contributed by atoms with E-state index in [2.05, 4.69) is 21.3 Å². The molecular formula is C26H48N4O6S2. The average molecular weight is 577 g/mol. The lowest BCUT2D eigenvalue weighted by Gasteiger charge is -2.33. The second-order valence-corrected chi connectivity index (χ2v) is 13.8. The number of aliphatic carboxylic acids is 1. The highest BCUT2D eigenvalue weighted by Gasteiger charge is 2.35. The van der Waals surface area contributed by atoms with Gasteiger partial charge in [0.25, 0.3) is 0 Å². The van der Waals surface area contributed by atoms with Crippen molar-refractivity contribution in [2.24, 2.45) is 10.8 Å². The number of carboxylic acids is 1. The Bertz CT molecular complexity index is 790. The Morgan fingerprint density at radius 3 is 2.08 bits per heavy atom. The van der Waals surface area contributed by atoms with Crippen molar-refractivity contribution in [3.8, 4) is 0 Å². The Morgan fingerprint density at radius 2 is 1.50 bits per heavy atom. The summed E-state index contributed by atoms with van der Waals surface area (Å²) in [7, 11) is 0. The molecule has 5 N–H and O–H groups in total. The van der Waals surface area contributed by atoms with E-state index in [1.54, 1.807) is 25.6 Å². The summed E-state index contributed by atoms with van der Waals surface area (Å²) in [5.74, 6) is -0.341. The minimum absolute atomic E-state index is 0.0375. The number of thioether (sulfide) groups is 2. The first-order valence-electron chi connectivity index (χ1n) is 13.1. The van der Waals surface area contributed by atoms with Crippen LogP contribution < -0.4 is 21.3 Å². The van der Waals surface area contributed by atoms with Gasteiger partial charge in [-0.05, 0) is 35.7 Å². The van der Waals surface area contributed by atoms with Gasteiger partial charge in [0.2, 0.25) is 23.6 Å². The zero-order valence-electron chi connectivity index (χ0n) is 24.0. The maximum Gasteiger partial charge on any atom is 0.303 e. The molecule has 12 heteroatoms. The molecule has 1 atom stereocenters. The van der Waals surface area contributed by atoms with Gasteiger partial charge in [-0.1, -0.05) is 48.5 Å². The van der Waals surface area contributed by atoms with E-state index in [0.29, 0.717) is 36.8 Å².